The maximum atomic E-state index is 5.91. The van der Waals surface area contributed by atoms with E-state index in [1.54, 1.807) is 0 Å². The summed E-state index contributed by atoms with van der Waals surface area (Å²) in [5.41, 5.74) is 3.31. The van der Waals surface area contributed by atoms with Gasteiger partial charge in [-0.3, -0.25) is 4.98 Å². The van der Waals surface area contributed by atoms with Gasteiger partial charge in [0.2, 0.25) is 0 Å². The first kappa shape index (κ1) is 23.3. The van der Waals surface area contributed by atoms with Crippen molar-refractivity contribution in [2.75, 3.05) is 19.7 Å². The summed E-state index contributed by atoms with van der Waals surface area (Å²) in [5.74, 6) is 2.64. The van der Waals surface area contributed by atoms with Gasteiger partial charge in [-0.1, -0.05) is 6.07 Å². The monoisotopic (exact) mass is 510 g/mol. The molecule has 1 unspecified atom stereocenters. The number of rotatable bonds is 8. The molecule has 1 atom stereocenters. The molecule has 7 heteroatoms. The smallest absolute Gasteiger partial charge is 0.191 e. The third kappa shape index (κ3) is 6.76. The van der Waals surface area contributed by atoms with Crippen LogP contribution < -0.4 is 20.1 Å². The molecule has 0 aliphatic carbocycles. The van der Waals surface area contributed by atoms with Crippen LogP contribution in [0.15, 0.2) is 41.5 Å². The number of aliphatic imine (C=N–C) groups is 1. The summed E-state index contributed by atoms with van der Waals surface area (Å²) < 4.78 is 11.8. The Hall–Kier alpha value is -2.03. The fraction of sp³-hybridized carbons (Fsp3) is 0.455. The second-order valence-electron chi connectivity index (χ2n) is 6.83. The summed E-state index contributed by atoms with van der Waals surface area (Å²) >= 11 is 0. The molecule has 1 aromatic carbocycles. The van der Waals surface area contributed by atoms with Crippen molar-refractivity contribution in [3.63, 3.8) is 0 Å². The van der Waals surface area contributed by atoms with Crippen LogP contribution in [0.4, 0.5) is 0 Å². The molecular formula is C22H31IN4O2. The standard InChI is InChI=1S/C22H30N4O2.HI/c1-4-23-22(25-11-9-19-8-6-7-10-24-19)26-15-18-14-21-17(12-16(3)28-21)13-20(18)27-5-2;/h6-8,10,13-14,16H,4-5,9,11-12,15H2,1-3H3,(H2,23,25,26);1H. The first-order valence-corrected chi connectivity index (χ1v) is 10.1. The number of ether oxygens (including phenoxy) is 2. The number of halogens is 1. The Labute approximate surface area is 190 Å². The van der Waals surface area contributed by atoms with E-state index < -0.39 is 0 Å². The van der Waals surface area contributed by atoms with Gasteiger partial charge in [-0.15, -0.1) is 24.0 Å². The predicted octanol–water partition coefficient (Wildman–Crippen LogP) is 3.72. The Kier molecular flexibility index (Phi) is 9.50. The van der Waals surface area contributed by atoms with Gasteiger partial charge >= 0.3 is 0 Å². The molecule has 2 aromatic rings. The van der Waals surface area contributed by atoms with Crippen LogP contribution in [0, 0.1) is 0 Å². The lowest BCUT2D eigenvalue weighted by Gasteiger charge is -2.14. The van der Waals surface area contributed by atoms with Gasteiger partial charge < -0.3 is 20.1 Å². The molecule has 1 aliphatic rings. The highest BCUT2D eigenvalue weighted by Gasteiger charge is 2.21. The van der Waals surface area contributed by atoms with Crippen molar-refractivity contribution in [2.45, 2.75) is 46.3 Å². The second kappa shape index (κ2) is 11.8. The van der Waals surface area contributed by atoms with E-state index in [-0.39, 0.29) is 30.1 Å². The van der Waals surface area contributed by atoms with Crippen molar-refractivity contribution in [1.82, 2.24) is 15.6 Å². The molecular weight excluding hydrogens is 479 g/mol. The van der Waals surface area contributed by atoms with Crippen LogP contribution in [0.2, 0.25) is 0 Å². The molecule has 0 saturated heterocycles. The Balaban J connectivity index is 0.00000300. The molecule has 2 heterocycles. The quantitative estimate of drug-likeness (QED) is 0.322. The number of guanidine groups is 1. The minimum Gasteiger partial charge on any atom is -0.494 e. The van der Waals surface area contributed by atoms with Crippen molar-refractivity contribution < 1.29 is 9.47 Å². The largest absolute Gasteiger partial charge is 0.494 e. The number of aromatic nitrogens is 1. The normalized spacial score (nSPS) is 15.1. The molecule has 0 radical (unpaired) electrons. The average Bonchev–Trinajstić information content (AvgIpc) is 3.06. The van der Waals surface area contributed by atoms with E-state index >= 15 is 0 Å². The molecule has 3 rings (SSSR count). The summed E-state index contributed by atoms with van der Waals surface area (Å²) in [7, 11) is 0. The zero-order valence-electron chi connectivity index (χ0n) is 17.4. The Morgan fingerprint density at radius 3 is 2.86 bits per heavy atom. The molecule has 0 amide bonds. The highest BCUT2D eigenvalue weighted by Crippen LogP contribution is 2.35. The molecule has 1 aromatic heterocycles. The molecule has 0 bridgehead atoms. The lowest BCUT2D eigenvalue weighted by atomic mass is 10.1. The highest BCUT2D eigenvalue weighted by molar-refractivity contribution is 14.0. The first-order chi connectivity index (χ1) is 13.7. The molecule has 29 heavy (non-hydrogen) atoms. The van der Waals surface area contributed by atoms with Crippen LogP contribution in [-0.4, -0.2) is 36.7 Å². The Bertz CT molecular complexity index is 799. The number of fused-ring (bicyclic) bond motifs is 1. The van der Waals surface area contributed by atoms with Gasteiger partial charge in [0.05, 0.1) is 13.2 Å². The van der Waals surface area contributed by atoms with Crippen molar-refractivity contribution in [2.24, 2.45) is 4.99 Å². The van der Waals surface area contributed by atoms with Crippen molar-refractivity contribution >= 4 is 29.9 Å². The van der Waals surface area contributed by atoms with E-state index in [9.17, 15) is 0 Å². The van der Waals surface area contributed by atoms with Crippen LogP contribution in [0.3, 0.4) is 0 Å². The zero-order valence-corrected chi connectivity index (χ0v) is 19.7. The summed E-state index contributed by atoms with van der Waals surface area (Å²) in [6, 6.07) is 10.2. The Morgan fingerprint density at radius 1 is 1.28 bits per heavy atom. The van der Waals surface area contributed by atoms with Gasteiger partial charge in [0.15, 0.2) is 5.96 Å². The fourth-order valence-electron chi connectivity index (χ4n) is 3.26. The zero-order chi connectivity index (χ0) is 19.8. The highest BCUT2D eigenvalue weighted by atomic mass is 127. The van der Waals surface area contributed by atoms with Crippen LogP contribution >= 0.6 is 24.0 Å². The van der Waals surface area contributed by atoms with Crippen LogP contribution in [0.5, 0.6) is 11.5 Å². The maximum absolute atomic E-state index is 5.91. The van der Waals surface area contributed by atoms with Gasteiger partial charge in [-0.2, -0.15) is 0 Å². The molecule has 158 valence electrons. The van der Waals surface area contributed by atoms with Gasteiger partial charge in [0.1, 0.15) is 17.6 Å². The van der Waals surface area contributed by atoms with Crippen molar-refractivity contribution in [3.05, 3.63) is 53.3 Å². The first-order valence-electron chi connectivity index (χ1n) is 10.1. The van der Waals surface area contributed by atoms with Crippen LogP contribution in [0.1, 0.15) is 37.6 Å². The number of nitrogens with one attached hydrogen (secondary N) is 2. The SMILES string of the molecule is CCNC(=NCc1cc2c(cc1OCC)CC(C)O2)NCCc1ccccn1.I. The molecule has 0 fully saturated rings. The Morgan fingerprint density at radius 2 is 2.14 bits per heavy atom. The third-order valence-corrected chi connectivity index (χ3v) is 4.53. The number of nitrogens with zero attached hydrogens (tertiary/aromatic N) is 2. The topological polar surface area (TPSA) is 67.8 Å². The third-order valence-electron chi connectivity index (χ3n) is 4.53. The van der Waals surface area contributed by atoms with E-state index in [4.69, 9.17) is 14.5 Å². The molecule has 0 saturated carbocycles. The van der Waals surface area contributed by atoms with E-state index in [1.807, 2.05) is 31.3 Å². The van der Waals surface area contributed by atoms with Crippen molar-refractivity contribution in [1.29, 1.82) is 0 Å². The molecule has 2 N–H and O–H groups in total. The van der Waals surface area contributed by atoms with Crippen molar-refractivity contribution in [3.8, 4) is 11.5 Å². The summed E-state index contributed by atoms with van der Waals surface area (Å²) in [5, 5.41) is 6.67. The summed E-state index contributed by atoms with van der Waals surface area (Å²) in [6.07, 6.45) is 3.81. The lowest BCUT2D eigenvalue weighted by molar-refractivity contribution is 0.254. The number of hydrogen-bond donors (Lipinski definition) is 2. The summed E-state index contributed by atoms with van der Waals surface area (Å²) in [4.78, 5) is 9.10. The molecule has 1 aliphatic heterocycles. The van der Waals surface area contributed by atoms with Crippen LogP contribution in [-0.2, 0) is 19.4 Å². The average molecular weight is 510 g/mol. The minimum absolute atomic E-state index is 0. The van der Waals surface area contributed by atoms with Gasteiger partial charge in [-0.05, 0) is 45.0 Å². The van der Waals surface area contributed by atoms with Gasteiger partial charge in [-0.25, -0.2) is 4.99 Å². The lowest BCUT2D eigenvalue weighted by Crippen LogP contribution is -2.38. The van der Waals surface area contributed by atoms with E-state index in [2.05, 4.69) is 41.6 Å². The van der Waals surface area contributed by atoms with Gasteiger partial charge in [0.25, 0.3) is 0 Å². The molecule has 0 spiro atoms. The maximum Gasteiger partial charge on any atom is 0.191 e. The number of pyridine rings is 1. The number of hydrogen-bond acceptors (Lipinski definition) is 4. The van der Waals surface area contributed by atoms with Crippen LogP contribution in [0.25, 0.3) is 0 Å². The number of benzene rings is 1. The van der Waals surface area contributed by atoms with E-state index in [0.29, 0.717) is 13.2 Å². The fourth-order valence-corrected chi connectivity index (χ4v) is 3.26. The predicted molar refractivity (Wildman–Crippen MR) is 128 cm³/mol. The summed E-state index contributed by atoms with van der Waals surface area (Å²) in [6.45, 7) is 8.89. The molecule has 6 nitrogen and oxygen atoms in total. The van der Waals surface area contributed by atoms with E-state index in [0.717, 1.165) is 54.6 Å². The van der Waals surface area contributed by atoms with Gasteiger partial charge in [0, 0.05) is 48.9 Å². The second-order valence-corrected chi connectivity index (χ2v) is 6.83. The van der Waals surface area contributed by atoms with E-state index in [1.165, 1.54) is 5.56 Å². The minimum atomic E-state index is 0.